The largest absolute Gasteiger partial charge is 0.313 e. The zero-order valence-corrected chi connectivity index (χ0v) is 23.2. The zero-order chi connectivity index (χ0) is 27.7. The maximum Gasteiger partial charge on any atom is 0.272 e. The number of hydrogen-bond donors (Lipinski definition) is 3. The average molecular weight is 568 g/mol. The molecule has 204 valence electrons. The molecule has 2 aromatic carbocycles. The lowest BCUT2D eigenvalue weighted by Gasteiger charge is -2.30. The summed E-state index contributed by atoms with van der Waals surface area (Å²) in [6.07, 6.45) is 2.19. The normalized spacial score (nSPS) is 15.2. The highest BCUT2D eigenvalue weighted by Gasteiger charge is 2.30. The number of fused-ring (bicyclic) bond motifs is 2. The van der Waals surface area contributed by atoms with Crippen LogP contribution in [-0.4, -0.2) is 51.2 Å². The first-order valence-corrected chi connectivity index (χ1v) is 14.8. The molecule has 5 rings (SSSR count). The van der Waals surface area contributed by atoms with Crippen LogP contribution in [0.5, 0.6) is 0 Å². The summed E-state index contributed by atoms with van der Waals surface area (Å²) in [6, 6.07) is 13.3. The number of aryl methyl sites for hydroxylation is 1. The van der Waals surface area contributed by atoms with E-state index in [9.17, 15) is 22.8 Å². The van der Waals surface area contributed by atoms with Crippen LogP contribution < -0.4 is 20.5 Å². The zero-order valence-electron chi connectivity index (χ0n) is 21.6. The minimum absolute atomic E-state index is 0.0979. The summed E-state index contributed by atoms with van der Waals surface area (Å²) in [6.45, 7) is 3.08. The first-order valence-electron chi connectivity index (χ1n) is 12.6. The number of thiophene rings is 1. The van der Waals surface area contributed by atoms with Gasteiger partial charge in [-0.15, -0.1) is 11.3 Å². The predicted molar refractivity (Wildman–Crippen MR) is 149 cm³/mol. The second-order valence-electron chi connectivity index (χ2n) is 9.62. The summed E-state index contributed by atoms with van der Waals surface area (Å²) >= 11 is 1.32. The monoisotopic (exact) mass is 567 g/mol. The SMILES string of the molecule is CC(=O)NNC(=O)c1c(NC(=O)c2ccc(S(=O)(=O)N3CCCc4ccccc43)cc2)sc2c1CCN(C)C2. The molecule has 3 aromatic rings. The Morgan fingerprint density at radius 2 is 1.67 bits per heavy atom. The predicted octanol–water partition coefficient (Wildman–Crippen LogP) is 2.91. The number of rotatable bonds is 5. The molecule has 2 aliphatic rings. The van der Waals surface area contributed by atoms with Gasteiger partial charge in [-0.05, 0) is 67.8 Å². The standard InChI is InChI=1S/C27H29N5O5S2/c1-17(33)29-30-26(35)24-21-13-15-31(2)16-23(21)38-27(24)28-25(34)19-9-11-20(12-10-19)39(36,37)32-14-5-7-18-6-3-4-8-22(18)32/h3-4,6,8-12H,5,7,13-16H2,1-2H3,(H,28,34)(H,29,33)(H,30,35). The van der Waals surface area contributed by atoms with Crippen molar-refractivity contribution in [2.75, 3.05) is 29.8 Å². The molecule has 0 aliphatic carbocycles. The van der Waals surface area contributed by atoms with Gasteiger partial charge in [-0.2, -0.15) is 0 Å². The molecule has 0 atom stereocenters. The molecule has 10 nitrogen and oxygen atoms in total. The van der Waals surface area contributed by atoms with Crippen LogP contribution in [0.4, 0.5) is 10.7 Å². The lowest BCUT2D eigenvalue weighted by Crippen LogP contribution is -2.41. The molecule has 0 saturated carbocycles. The molecular weight excluding hydrogens is 538 g/mol. The van der Waals surface area contributed by atoms with E-state index in [1.54, 1.807) is 0 Å². The van der Waals surface area contributed by atoms with Gasteiger partial charge in [-0.25, -0.2) is 8.42 Å². The van der Waals surface area contributed by atoms with Gasteiger partial charge >= 0.3 is 0 Å². The first-order chi connectivity index (χ1) is 18.6. The van der Waals surface area contributed by atoms with E-state index in [-0.39, 0.29) is 10.5 Å². The number of amides is 3. The van der Waals surface area contributed by atoms with Crippen molar-refractivity contribution in [3.8, 4) is 0 Å². The summed E-state index contributed by atoms with van der Waals surface area (Å²) in [5.41, 5.74) is 7.79. The van der Waals surface area contributed by atoms with Crippen LogP contribution in [0, 0.1) is 0 Å². The molecule has 39 heavy (non-hydrogen) atoms. The number of anilines is 2. The molecule has 2 aliphatic heterocycles. The van der Waals surface area contributed by atoms with E-state index in [1.807, 2.05) is 31.3 Å². The molecule has 0 bridgehead atoms. The molecule has 0 fully saturated rings. The van der Waals surface area contributed by atoms with Crippen LogP contribution in [0.1, 0.15) is 50.1 Å². The van der Waals surface area contributed by atoms with E-state index in [0.29, 0.717) is 35.8 Å². The van der Waals surface area contributed by atoms with E-state index in [0.717, 1.165) is 35.4 Å². The van der Waals surface area contributed by atoms with Gasteiger partial charge in [0.15, 0.2) is 0 Å². The Labute approximate surface area is 231 Å². The molecule has 1 aromatic heterocycles. The van der Waals surface area contributed by atoms with Crippen molar-refractivity contribution in [1.29, 1.82) is 0 Å². The number of carbonyl (C=O) groups is 3. The number of sulfonamides is 1. The lowest BCUT2D eigenvalue weighted by molar-refractivity contribution is -0.119. The van der Waals surface area contributed by atoms with Gasteiger partial charge in [0.05, 0.1) is 16.1 Å². The van der Waals surface area contributed by atoms with Crippen LogP contribution >= 0.6 is 11.3 Å². The van der Waals surface area contributed by atoms with Gasteiger partial charge in [0.25, 0.3) is 21.8 Å². The van der Waals surface area contributed by atoms with Gasteiger partial charge < -0.3 is 10.2 Å². The van der Waals surface area contributed by atoms with E-state index in [1.165, 1.54) is 46.8 Å². The summed E-state index contributed by atoms with van der Waals surface area (Å²) < 4.78 is 28.3. The number of likely N-dealkylation sites (N-methyl/N-ethyl adjacent to an activating group) is 1. The molecule has 0 saturated heterocycles. The highest BCUT2D eigenvalue weighted by Crippen LogP contribution is 2.37. The number of hydrazine groups is 1. The van der Waals surface area contributed by atoms with Crippen molar-refractivity contribution in [2.24, 2.45) is 0 Å². The third kappa shape index (κ3) is 5.40. The third-order valence-corrected chi connectivity index (χ3v) is 9.79. The van der Waals surface area contributed by atoms with Gasteiger partial charge in [-0.1, -0.05) is 18.2 Å². The van der Waals surface area contributed by atoms with E-state index in [4.69, 9.17) is 0 Å². The van der Waals surface area contributed by atoms with Crippen molar-refractivity contribution < 1.29 is 22.8 Å². The molecule has 0 unspecified atom stereocenters. The molecule has 3 heterocycles. The second-order valence-corrected chi connectivity index (χ2v) is 12.6. The van der Waals surface area contributed by atoms with Crippen molar-refractivity contribution in [3.63, 3.8) is 0 Å². The fourth-order valence-corrected chi connectivity index (χ4v) is 7.76. The molecule has 3 N–H and O–H groups in total. The number of carbonyl (C=O) groups excluding carboxylic acids is 3. The van der Waals surface area contributed by atoms with Crippen molar-refractivity contribution >= 4 is 49.8 Å². The fraction of sp³-hybridized carbons (Fsp3) is 0.296. The van der Waals surface area contributed by atoms with Crippen molar-refractivity contribution in [1.82, 2.24) is 15.8 Å². The lowest BCUT2D eigenvalue weighted by atomic mass is 10.0. The number of para-hydroxylation sites is 1. The maximum absolute atomic E-state index is 13.4. The number of hydrogen-bond acceptors (Lipinski definition) is 7. The summed E-state index contributed by atoms with van der Waals surface area (Å²) in [5.74, 6) is -1.39. The second kappa shape index (κ2) is 10.8. The van der Waals surface area contributed by atoms with Crippen LogP contribution in [-0.2, 0) is 34.2 Å². The minimum Gasteiger partial charge on any atom is -0.313 e. The Kier molecular flexibility index (Phi) is 7.43. The highest BCUT2D eigenvalue weighted by atomic mass is 32.2. The maximum atomic E-state index is 13.4. The average Bonchev–Trinajstić information content (AvgIpc) is 3.28. The molecule has 3 amide bonds. The fourth-order valence-electron chi connectivity index (χ4n) is 4.90. The summed E-state index contributed by atoms with van der Waals surface area (Å²) in [7, 11) is -1.82. The van der Waals surface area contributed by atoms with Gasteiger partial charge in [0.2, 0.25) is 5.91 Å². The summed E-state index contributed by atoms with van der Waals surface area (Å²) in [4.78, 5) is 40.6. The minimum atomic E-state index is -3.80. The number of benzene rings is 2. The van der Waals surface area contributed by atoms with Crippen molar-refractivity contribution in [3.05, 3.63) is 75.7 Å². The molecule has 12 heteroatoms. The molecular formula is C27H29N5O5S2. The van der Waals surface area contributed by atoms with Crippen LogP contribution in [0.15, 0.2) is 53.4 Å². The third-order valence-electron chi connectivity index (χ3n) is 6.83. The van der Waals surface area contributed by atoms with E-state index in [2.05, 4.69) is 21.1 Å². The summed E-state index contributed by atoms with van der Waals surface area (Å²) in [5, 5.41) is 3.21. The van der Waals surface area contributed by atoms with Crippen LogP contribution in [0.2, 0.25) is 0 Å². The Morgan fingerprint density at radius 3 is 2.41 bits per heavy atom. The Hall–Kier alpha value is -3.74. The van der Waals surface area contributed by atoms with Crippen molar-refractivity contribution in [2.45, 2.75) is 37.6 Å². The van der Waals surface area contributed by atoms with Crippen LogP contribution in [0.3, 0.4) is 0 Å². The quantitative estimate of drug-likeness (QED) is 0.407. The first kappa shape index (κ1) is 26.9. The smallest absolute Gasteiger partial charge is 0.272 e. The Bertz CT molecular complexity index is 1550. The van der Waals surface area contributed by atoms with E-state index < -0.39 is 27.7 Å². The number of nitrogens with zero attached hydrogens (tertiary/aromatic N) is 2. The molecule has 0 radical (unpaired) electrons. The highest BCUT2D eigenvalue weighted by molar-refractivity contribution is 7.92. The molecule has 0 spiro atoms. The number of nitrogens with one attached hydrogen (secondary N) is 3. The Balaban J connectivity index is 1.38. The van der Waals surface area contributed by atoms with Gasteiger partial charge in [-0.3, -0.25) is 29.5 Å². The van der Waals surface area contributed by atoms with Gasteiger partial charge in [0, 0.05) is 37.0 Å². The Morgan fingerprint density at radius 1 is 0.923 bits per heavy atom. The van der Waals surface area contributed by atoms with Gasteiger partial charge in [0.1, 0.15) is 5.00 Å². The van der Waals surface area contributed by atoms with E-state index >= 15 is 0 Å². The topological polar surface area (TPSA) is 128 Å². The van der Waals surface area contributed by atoms with Crippen LogP contribution in [0.25, 0.3) is 0 Å².